The van der Waals surface area contributed by atoms with Gasteiger partial charge in [-0.05, 0) is 29.8 Å². The monoisotopic (exact) mass is 293 g/mol. The summed E-state index contributed by atoms with van der Waals surface area (Å²) in [5.41, 5.74) is 0.0458. The van der Waals surface area contributed by atoms with Gasteiger partial charge in [0.1, 0.15) is 18.2 Å². The van der Waals surface area contributed by atoms with Crippen molar-refractivity contribution in [1.82, 2.24) is 0 Å². The molecule has 21 heavy (non-hydrogen) atoms. The largest absolute Gasteiger partial charge is 0.457 e. The quantitative estimate of drug-likeness (QED) is 0.493. The highest BCUT2D eigenvalue weighted by molar-refractivity contribution is 5.89. The van der Waals surface area contributed by atoms with E-state index in [1.807, 2.05) is 0 Å². The van der Waals surface area contributed by atoms with Crippen molar-refractivity contribution in [3.05, 3.63) is 75.3 Å². The molecule has 0 amide bonds. The van der Waals surface area contributed by atoms with Gasteiger partial charge in [0.25, 0.3) is 5.69 Å². The van der Waals surface area contributed by atoms with Crippen molar-refractivity contribution < 1.29 is 23.2 Å². The number of hydrogen-bond donors (Lipinski definition) is 0. The van der Waals surface area contributed by atoms with Crippen LogP contribution in [0, 0.1) is 21.7 Å². The minimum absolute atomic E-state index is 0.0883. The molecule has 0 atom stereocenters. The molecule has 0 heterocycles. The summed E-state index contributed by atoms with van der Waals surface area (Å²) in [4.78, 5) is 21.6. The molecule has 0 spiro atoms. The molecule has 0 aromatic heterocycles. The molecular weight excluding hydrogens is 284 g/mol. The number of nitrogens with zero attached hydrogens (tertiary/aromatic N) is 1. The number of ether oxygens (including phenoxy) is 1. The highest BCUT2D eigenvalue weighted by Gasteiger charge is 2.14. The van der Waals surface area contributed by atoms with Crippen LogP contribution in [0.2, 0.25) is 0 Å². The van der Waals surface area contributed by atoms with Gasteiger partial charge in [0.05, 0.1) is 10.5 Å². The molecule has 0 fully saturated rings. The van der Waals surface area contributed by atoms with Gasteiger partial charge in [-0.2, -0.15) is 0 Å². The van der Waals surface area contributed by atoms with Crippen LogP contribution in [0.15, 0.2) is 42.5 Å². The van der Waals surface area contributed by atoms with Gasteiger partial charge in [0.2, 0.25) is 0 Å². The zero-order chi connectivity index (χ0) is 15.4. The highest BCUT2D eigenvalue weighted by Crippen LogP contribution is 2.15. The Bertz CT molecular complexity index is 686. The standard InChI is InChI=1S/C14H9F2NO4/c15-10-3-6-12(13(16)7-10)14(18)21-8-9-1-4-11(5-2-9)17(19)20/h1-7H,8H2. The van der Waals surface area contributed by atoms with Crippen LogP contribution in [-0.2, 0) is 11.3 Å². The minimum atomic E-state index is -1.01. The molecule has 108 valence electrons. The van der Waals surface area contributed by atoms with E-state index in [-0.39, 0.29) is 17.9 Å². The average Bonchev–Trinajstić information content (AvgIpc) is 2.45. The number of nitro benzene ring substituents is 1. The summed E-state index contributed by atoms with van der Waals surface area (Å²) in [7, 11) is 0. The van der Waals surface area contributed by atoms with Crippen LogP contribution in [0.5, 0.6) is 0 Å². The van der Waals surface area contributed by atoms with Gasteiger partial charge in [-0.1, -0.05) is 0 Å². The van der Waals surface area contributed by atoms with Crippen LogP contribution >= 0.6 is 0 Å². The Morgan fingerprint density at radius 1 is 1.14 bits per heavy atom. The van der Waals surface area contributed by atoms with E-state index >= 15 is 0 Å². The maximum absolute atomic E-state index is 13.4. The zero-order valence-corrected chi connectivity index (χ0v) is 10.6. The van der Waals surface area contributed by atoms with Crippen LogP contribution in [0.3, 0.4) is 0 Å². The van der Waals surface area contributed by atoms with E-state index in [1.165, 1.54) is 24.3 Å². The topological polar surface area (TPSA) is 69.4 Å². The van der Waals surface area contributed by atoms with E-state index in [4.69, 9.17) is 4.74 Å². The van der Waals surface area contributed by atoms with E-state index in [1.54, 1.807) is 0 Å². The number of hydrogen-bond acceptors (Lipinski definition) is 4. The smallest absolute Gasteiger partial charge is 0.341 e. The second-order valence-corrected chi connectivity index (χ2v) is 4.12. The zero-order valence-electron chi connectivity index (χ0n) is 10.6. The first-order chi connectivity index (χ1) is 9.97. The molecule has 0 aliphatic carbocycles. The fraction of sp³-hybridized carbons (Fsp3) is 0.0714. The molecule has 0 saturated carbocycles. The van der Waals surface area contributed by atoms with Crippen molar-refractivity contribution in [2.24, 2.45) is 0 Å². The Labute approximate surface area is 117 Å². The molecule has 0 radical (unpaired) electrons. The van der Waals surface area contributed by atoms with E-state index < -0.39 is 22.5 Å². The Balaban J connectivity index is 2.02. The Kier molecular flexibility index (Phi) is 4.22. The van der Waals surface area contributed by atoms with E-state index in [9.17, 15) is 23.7 Å². The summed E-state index contributed by atoms with van der Waals surface area (Å²) in [6.45, 7) is -0.173. The van der Waals surface area contributed by atoms with Crippen LogP contribution in [-0.4, -0.2) is 10.9 Å². The number of non-ortho nitro benzene ring substituents is 1. The summed E-state index contributed by atoms with van der Waals surface area (Å²) in [6.07, 6.45) is 0. The molecule has 0 unspecified atom stereocenters. The van der Waals surface area contributed by atoms with Crippen molar-refractivity contribution >= 4 is 11.7 Å². The van der Waals surface area contributed by atoms with Crippen molar-refractivity contribution in [1.29, 1.82) is 0 Å². The third-order valence-electron chi connectivity index (χ3n) is 2.67. The van der Waals surface area contributed by atoms with Gasteiger partial charge in [-0.25, -0.2) is 13.6 Å². The third-order valence-corrected chi connectivity index (χ3v) is 2.67. The summed E-state index contributed by atoms with van der Waals surface area (Å²) < 4.78 is 30.9. The molecule has 0 bridgehead atoms. The molecule has 5 nitrogen and oxygen atoms in total. The van der Waals surface area contributed by atoms with Crippen LogP contribution in [0.25, 0.3) is 0 Å². The van der Waals surface area contributed by atoms with Gasteiger partial charge < -0.3 is 4.74 Å². The summed E-state index contributed by atoms with van der Waals surface area (Å²) >= 11 is 0. The average molecular weight is 293 g/mol. The molecule has 7 heteroatoms. The number of nitro groups is 1. The molecule has 2 aromatic carbocycles. The van der Waals surface area contributed by atoms with Crippen molar-refractivity contribution in [3.8, 4) is 0 Å². The number of carbonyl (C=O) groups is 1. The molecule has 0 aliphatic rings. The fourth-order valence-electron chi connectivity index (χ4n) is 1.60. The van der Waals surface area contributed by atoms with Crippen LogP contribution in [0.4, 0.5) is 14.5 Å². The fourth-order valence-corrected chi connectivity index (χ4v) is 1.60. The summed E-state index contributed by atoms with van der Waals surface area (Å²) in [5.74, 6) is -2.74. The number of esters is 1. The van der Waals surface area contributed by atoms with E-state index in [0.717, 1.165) is 12.1 Å². The van der Waals surface area contributed by atoms with Crippen molar-refractivity contribution in [2.45, 2.75) is 6.61 Å². The molecule has 0 N–H and O–H groups in total. The number of carbonyl (C=O) groups excluding carboxylic acids is 1. The molecule has 2 aromatic rings. The SMILES string of the molecule is O=C(OCc1ccc([N+](=O)[O-])cc1)c1ccc(F)cc1F. The lowest BCUT2D eigenvalue weighted by atomic mass is 10.2. The van der Waals surface area contributed by atoms with Gasteiger partial charge in [0.15, 0.2) is 0 Å². The van der Waals surface area contributed by atoms with Crippen molar-refractivity contribution in [3.63, 3.8) is 0 Å². The Hall–Kier alpha value is -2.83. The summed E-state index contributed by atoms with van der Waals surface area (Å²) in [6, 6.07) is 7.90. The highest BCUT2D eigenvalue weighted by atomic mass is 19.1. The second kappa shape index (κ2) is 6.08. The van der Waals surface area contributed by atoms with E-state index in [2.05, 4.69) is 0 Å². The van der Waals surface area contributed by atoms with Gasteiger partial charge >= 0.3 is 5.97 Å². The summed E-state index contributed by atoms with van der Waals surface area (Å²) in [5, 5.41) is 10.5. The van der Waals surface area contributed by atoms with Gasteiger partial charge in [-0.15, -0.1) is 0 Å². The maximum atomic E-state index is 13.4. The van der Waals surface area contributed by atoms with Crippen LogP contribution < -0.4 is 0 Å². The minimum Gasteiger partial charge on any atom is -0.457 e. The normalized spacial score (nSPS) is 10.2. The molecular formula is C14H9F2NO4. The first-order valence-electron chi connectivity index (χ1n) is 5.83. The first kappa shape index (κ1) is 14.6. The van der Waals surface area contributed by atoms with Crippen LogP contribution in [0.1, 0.15) is 15.9 Å². The number of halogens is 2. The molecule has 0 aliphatic heterocycles. The lowest BCUT2D eigenvalue weighted by molar-refractivity contribution is -0.384. The van der Waals surface area contributed by atoms with E-state index in [0.29, 0.717) is 11.6 Å². The predicted octanol–water partition coefficient (Wildman–Crippen LogP) is 3.23. The van der Waals surface area contributed by atoms with Gasteiger partial charge in [-0.3, -0.25) is 10.1 Å². The molecule has 0 saturated heterocycles. The third kappa shape index (κ3) is 3.59. The number of benzene rings is 2. The van der Waals surface area contributed by atoms with Gasteiger partial charge in [0, 0.05) is 18.2 Å². The first-order valence-corrected chi connectivity index (χ1v) is 5.83. The lowest BCUT2D eigenvalue weighted by Crippen LogP contribution is -2.08. The number of rotatable bonds is 4. The molecule has 2 rings (SSSR count). The van der Waals surface area contributed by atoms with Crippen molar-refractivity contribution in [2.75, 3.05) is 0 Å². The maximum Gasteiger partial charge on any atom is 0.341 e. The predicted molar refractivity (Wildman–Crippen MR) is 68.6 cm³/mol. The Morgan fingerprint density at radius 2 is 1.81 bits per heavy atom. The Morgan fingerprint density at radius 3 is 2.38 bits per heavy atom. The lowest BCUT2D eigenvalue weighted by Gasteiger charge is -2.05. The second-order valence-electron chi connectivity index (χ2n) is 4.12.